The first-order chi connectivity index (χ1) is 11.5. The molecule has 2 bridgehead atoms. The minimum atomic E-state index is -2.31. The Balaban J connectivity index is 2.68. The molecule has 2 fully saturated rings. The van der Waals surface area contributed by atoms with Crippen molar-refractivity contribution in [2.24, 2.45) is 0 Å². The maximum Gasteiger partial charge on any atom is 0.346 e. The molecule has 4 atom stereocenters. The highest BCUT2D eigenvalue weighted by molar-refractivity contribution is 6.69. The van der Waals surface area contributed by atoms with Crippen molar-refractivity contribution in [3.05, 3.63) is 0 Å². The van der Waals surface area contributed by atoms with Gasteiger partial charge in [-0.05, 0) is 39.9 Å². The van der Waals surface area contributed by atoms with Crippen molar-refractivity contribution in [1.29, 1.82) is 5.26 Å². The van der Waals surface area contributed by atoms with Gasteiger partial charge in [-0.2, -0.15) is 5.26 Å². The molecule has 140 valence electrons. The molecule has 0 radical (unpaired) electrons. The molecule has 0 aromatic carbocycles. The second-order valence-electron chi connectivity index (χ2n) is 7.37. The van der Waals surface area contributed by atoms with Crippen LogP contribution in [0.15, 0.2) is 0 Å². The Morgan fingerprint density at radius 1 is 1.32 bits per heavy atom. The van der Waals surface area contributed by atoms with Crippen LogP contribution in [0.3, 0.4) is 0 Å². The Kier molecular flexibility index (Phi) is 5.05. The SMILES string of the molecule is CCOC(=O)[C@]12O[C@](C)(CC[C@]1(C#N)O[Si](C)(C)C)O[C@@H]2C(=O)OC. The zero-order chi connectivity index (χ0) is 19.1. The van der Waals surface area contributed by atoms with Gasteiger partial charge < -0.3 is 23.4 Å². The van der Waals surface area contributed by atoms with Gasteiger partial charge in [0.1, 0.15) is 6.07 Å². The molecule has 0 unspecified atom stereocenters. The molecule has 8 nitrogen and oxygen atoms in total. The maximum absolute atomic E-state index is 13.0. The van der Waals surface area contributed by atoms with Crippen LogP contribution in [0.25, 0.3) is 0 Å². The van der Waals surface area contributed by atoms with Crippen molar-refractivity contribution in [3.8, 4) is 6.07 Å². The summed E-state index contributed by atoms with van der Waals surface area (Å²) in [5.41, 5.74) is -3.73. The van der Waals surface area contributed by atoms with Crippen molar-refractivity contribution in [3.63, 3.8) is 0 Å². The van der Waals surface area contributed by atoms with E-state index in [1.54, 1.807) is 13.8 Å². The van der Waals surface area contributed by atoms with Crippen molar-refractivity contribution < 1.29 is 33.0 Å². The van der Waals surface area contributed by atoms with Gasteiger partial charge in [-0.15, -0.1) is 0 Å². The van der Waals surface area contributed by atoms with Crippen LogP contribution in [-0.2, 0) is 33.0 Å². The van der Waals surface area contributed by atoms with Crippen LogP contribution in [0.1, 0.15) is 26.7 Å². The standard InChI is InChI=1S/C16H25NO7Si/c1-7-21-13(19)16-11(12(18)20-3)22-14(2,23-16)8-9-15(16,10-17)24-25(4,5)6/h11H,7-9H2,1-6H3/t11-,14-,15-,16+/m1/s1. The molecule has 0 N–H and O–H groups in total. The van der Waals surface area contributed by atoms with E-state index < -0.39 is 43.3 Å². The lowest BCUT2D eigenvalue weighted by Gasteiger charge is -2.48. The van der Waals surface area contributed by atoms with Crippen molar-refractivity contribution in [2.45, 2.75) is 69.4 Å². The molecule has 0 saturated carbocycles. The summed E-state index contributed by atoms with van der Waals surface area (Å²) >= 11 is 0. The third-order valence-electron chi connectivity index (χ3n) is 4.30. The van der Waals surface area contributed by atoms with Crippen LogP contribution in [-0.4, -0.2) is 57.1 Å². The maximum atomic E-state index is 13.0. The molecule has 0 aromatic rings. The van der Waals surface area contributed by atoms with Crippen LogP contribution in [0, 0.1) is 11.3 Å². The Hall–Kier alpha value is -1.47. The molecule has 2 aliphatic heterocycles. The molecular weight excluding hydrogens is 346 g/mol. The fraction of sp³-hybridized carbons (Fsp3) is 0.812. The average molecular weight is 371 g/mol. The summed E-state index contributed by atoms with van der Waals surface area (Å²) in [6.07, 6.45) is -0.976. The minimum Gasteiger partial charge on any atom is -0.467 e. The Labute approximate surface area is 148 Å². The number of fused-ring (bicyclic) bond motifs is 2. The van der Waals surface area contributed by atoms with Crippen LogP contribution >= 0.6 is 0 Å². The summed E-state index contributed by atoms with van der Waals surface area (Å²) in [5.74, 6) is -2.86. The van der Waals surface area contributed by atoms with Crippen molar-refractivity contribution >= 4 is 20.3 Å². The molecule has 2 rings (SSSR count). The number of hydrogen-bond acceptors (Lipinski definition) is 8. The fourth-order valence-corrected chi connectivity index (χ4v) is 4.77. The van der Waals surface area contributed by atoms with E-state index in [1.807, 2.05) is 19.6 Å². The molecule has 25 heavy (non-hydrogen) atoms. The van der Waals surface area contributed by atoms with E-state index in [2.05, 4.69) is 6.07 Å². The Bertz CT molecular complexity index is 613. The molecule has 0 aromatic heterocycles. The smallest absolute Gasteiger partial charge is 0.346 e. The first-order valence-electron chi connectivity index (χ1n) is 8.23. The van der Waals surface area contributed by atoms with E-state index in [0.717, 1.165) is 0 Å². The van der Waals surface area contributed by atoms with Gasteiger partial charge in [-0.3, -0.25) is 0 Å². The van der Waals surface area contributed by atoms with Gasteiger partial charge in [0.2, 0.25) is 11.7 Å². The first kappa shape index (κ1) is 19.8. The zero-order valence-electron chi connectivity index (χ0n) is 15.5. The molecular formula is C16H25NO7Si. The lowest BCUT2D eigenvalue weighted by Crippen LogP contribution is -2.71. The fourth-order valence-electron chi connectivity index (χ4n) is 3.43. The van der Waals surface area contributed by atoms with Crippen LogP contribution in [0.2, 0.25) is 19.6 Å². The highest BCUT2D eigenvalue weighted by Crippen LogP contribution is 2.55. The topological polar surface area (TPSA) is 104 Å². The lowest BCUT2D eigenvalue weighted by molar-refractivity contribution is -0.248. The molecule has 0 spiro atoms. The minimum absolute atomic E-state index is 0.0585. The van der Waals surface area contributed by atoms with E-state index in [9.17, 15) is 14.9 Å². The van der Waals surface area contributed by atoms with E-state index in [1.165, 1.54) is 7.11 Å². The van der Waals surface area contributed by atoms with Crippen LogP contribution < -0.4 is 0 Å². The van der Waals surface area contributed by atoms with Crippen molar-refractivity contribution in [2.75, 3.05) is 13.7 Å². The average Bonchev–Trinajstić information content (AvgIpc) is 2.81. The van der Waals surface area contributed by atoms with Gasteiger partial charge in [0.05, 0.1) is 13.7 Å². The normalized spacial score (nSPS) is 37.2. The molecule has 2 aliphatic rings. The van der Waals surface area contributed by atoms with Gasteiger partial charge >= 0.3 is 11.9 Å². The third kappa shape index (κ3) is 3.08. The molecule has 0 aliphatic carbocycles. The summed E-state index contributed by atoms with van der Waals surface area (Å²) in [6, 6.07) is 2.11. The number of nitrogens with zero attached hydrogens (tertiary/aromatic N) is 1. The van der Waals surface area contributed by atoms with Crippen molar-refractivity contribution in [1.82, 2.24) is 0 Å². The number of esters is 2. The zero-order valence-corrected chi connectivity index (χ0v) is 16.5. The Morgan fingerprint density at radius 2 is 1.96 bits per heavy atom. The summed E-state index contributed by atoms with van der Waals surface area (Å²) < 4.78 is 27.8. The summed E-state index contributed by atoms with van der Waals surface area (Å²) in [6.45, 7) is 8.99. The van der Waals surface area contributed by atoms with Crippen LogP contribution in [0.5, 0.6) is 0 Å². The summed E-state index contributed by atoms with van der Waals surface area (Å²) in [4.78, 5) is 25.4. The van der Waals surface area contributed by atoms with Gasteiger partial charge in [0.15, 0.2) is 19.7 Å². The first-order valence-corrected chi connectivity index (χ1v) is 11.6. The number of hydrogen-bond donors (Lipinski definition) is 0. The highest BCUT2D eigenvalue weighted by Gasteiger charge is 2.78. The van der Waals surface area contributed by atoms with E-state index in [-0.39, 0.29) is 13.0 Å². The van der Waals surface area contributed by atoms with Crippen LogP contribution in [0.4, 0.5) is 0 Å². The summed E-state index contributed by atoms with van der Waals surface area (Å²) in [7, 11) is -1.13. The predicted octanol–water partition coefficient (Wildman–Crippen LogP) is 1.50. The van der Waals surface area contributed by atoms with E-state index >= 15 is 0 Å². The second-order valence-corrected chi connectivity index (χ2v) is 11.8. The van der Waals surface area contributed by atoms with E-state index in [0.29, 0.717) is 6.42 Å². The van der Waals surface area contributed by atoms with Gasteiger partial charge in [0, 0.05) is 6.42 Å². The largest absolute Gasteiger partial charge is 0.467 e. The Morgan fingerprint density at radius 3 is 2.44 bits per heavy atom. The van der Waals surface area contributed by atoms with Gasteiger partial charge in [-0.1, -0.05) is 0 Å². The number of carbonyl (C=O) groups is 2. The second kappa shape index (κ2) is 6.36. The number of nitriles is 1. The monoisotopic (exact) mass is 371 g/mol. The van der Waals surface area contributed by atoms with Gasteiger partial charge in [0.25, 0.3) is 0 Å². The van der Waals surface area contributed by atoms with E-state index in [4.69, 9.17) is 23.4 Å². The molecule has 9 heteroatoms. The highest BCUT2D eigenvalue weighted by atomic mass is 28.4. The third-order valence-corrected chi connectivity index (χ3v) is 5.26. The molecule has 2 heterocycles. The molecule has 2 saturated heterocycles. The quantitative estimate of drug-likeness (QED) is 0.529. The number of methoxy groups -OCH3 is 1. The predicted molar refractivity (Wildman–Crippen MR) is 87.8 cm³/mol. The number of carbonyl (C=O) groups excluding carboxylic acids is 2. The lowest BCUT2D eigenvalue weighted by atomic mass is 9.74. The summed E-state index contributed by atoms with van der Waals surface area (Å²) in [5, 5.41) is 10.0. The van der Waals surface area contributed by atoms with Gasteiger partial charge in [-0.25, -0.2) is 9.59 Å². The number of ether oxygens (including phenoxy) is 4. The number of rotatable bonds is 5. The molecule has 0 amide bonds.